The Labute approximate surface area is 87.3 Å². The molecule has 0 fully saturated rings. The molecule has 74 valence electrons. The third-order valence-corrected chi connectivity index (χ3v) is 1.76. The molecule has 1 heterocycles. The highest BCUT2D eigenvalue weighted by Gasteiger charge is 2.05. The van der Waals surface area contributed by atoms with Gasteiger partial charge in [-0.25, -0.2) is 0 Å². The zero-order chi connectivity index (χ0) is 9.10. The monoisotopic (exact) mass is 211 g/mol. The summed E-state index contributed by atoms with van der Waals surface area (Å²) in [5, 5.41) is 11.3. The van der Waals surface area contributed by atoms with Gasteiger partial charge in [0.2, 0.25) is 5.82 Å². The minimum atomic E-state index is 0. The molecular weight excluding hydrogens is 202 g/mol. The Morgan fingerprint density at radius 1 is 1.21 bits per heavy atom. The topological polar surface area (TPSA) is 71.2 Å². The van der Waals surface area contributed by atoms with Gasteiger partial charge in [-0.05, 0) is 22.6 Å². The van der Waals surface area contributed by atoms with Crippen molar-refractivity contribution in [2.24, 2.45) is 0 Å². The molecule has 2 aromatic rings. The third-order valence-electron chi connectivity index (χ3n) is 1.76. The molecule has 0 spiro atoms. The van der Waals surface area contributed by atoms with Crippen molar-refractivity contribution in [3.05, 3.63) is 36.2 Å². The second-order valence-corrected chi connectivity index (χ2v) is 2.59. The number of hydrogen-bond donors (Lipinski definition) is 1. The van der Waals surface area contributed by atoms with Crippen LogP contribution >= 0.6 is 0 Å². The Balaban J connectivity index is 0.000000980. The van der Waals surface area contributed by atoms with Crippen LogP contribution in [0.25, 0.3) is 5.69 Å². The Bertz CT molecular complexity index is 386. The van der Waals surface area contributed by atoms with Crippen molar-refractivity contribution in [3.8, 4) is 5.69 Å². The van der Waals surface area contributed by atoms with Gasteiger partial charge in [-0.3, -0.25) is 0 Å². The van der Waals surface area contributed by atoms with Crippen LogP contribution in [0.2, 0.25) is 0 Å². The van der Waals surface area contributed by atoms with Gasteiger partial charge in [0.1, 0.15) is 6.54 Å². The minimum absolute atomic E-state index is 0. The lowest BCUT2D eigenvalue weighted by Crippen LogP contribution is -3.00. The summed E-state index contributed by atoms with van der Waals surface area (Å²) in [6, 6.07) is 9.76. The highest BCUT2D eigenvalue weighted by molar-refractivity contribution is 5.30. The number of halogens is 1. The van der Waals surface area contributed by atoms with E-state index in [0.29, 0.717) is 6.54 Å². The van der Waals surface area contributed by atoms with Crippen LogP contribution in [0.15, 0.2) is 30.3 Å². The van der Waals surface area contributed by atoms with Crippen molar-refractivity contribution in [1.29, 1.82) is 0 Å². The quantitative estimate of drug-likeness (QED) is 0.558. The van der Waals surface area contributed by atoms with E-state index in [4.69, 9.17) is 0 Å². The predicted octanol–water partition coefficient (Wildman–Crippen LogP) is -3.59. The Morgan fingerprint density at radius 3 is 2.57 bits per heavy atom. The van der Waals surface area contributed by atoms with Crippen LogP contribution in [0.3, 0.4) is 0 Å². The van der Waals surface area contributed by atoms with Crippen molar-refractivity contribution >= 4 is 0 Å². The van der Waals surface area contributed by atoms with Crippen LogP contribution in [-0.4, -0.2) is 20.2 Å². The molecule has 0 bridgehead atoms. The molecule has 0 atom stereocenters. The molecular formula is C8H10ClN5. The molecule has 0 aliphatic carbocycles. The fourth-order valence-electron chi connectivity index (χ4n) is 1.13. The first kappa shape index (κ1) is 10.6. The lowest BCUT2D eigenvalue weighted by atomic mass is 10.3. The van der Waals surface area contributed by atoms with E-state index in [1.165, 1.54) is 0 Å². The van der Waals surface area contributed by atoms with E-state index in [9.17, 15) is 0 Å². The molecule has 0 saturated carbocycles. The fraction of sp³-hybridized carbons (Fsp3) is 0.125. The molecule has 0 aliphatic rings. The number of tetrazole rings is 1. The zero-order valence-corrected chi connectivity index (χ0v) is 8.22. The standard InChI is InChI=1S/C8H9N5.ClH/c9-6-8-10-11-12-13(8)7-4-2-1-3-5-7;/h1-5H,6,9H2;1H. The molecule has 14 heavy (non-hydrogen) atoms. The molecule has 2 rings (SSSR count). The molecule has 1 aromatic heterocycles. The number of rotatable bonds is 2. The second kappa shape index (κ2) is 4.69. The van der Waals surface area contributed by atoms with E-state index in [0.717, 1.165) is 11.5 Å². The zero-order valence-electron chi connectivity index (χ0n) is 7.47. The Kier molecular flexibility index (Phi) is 3.55. The minimum Gasteiger partial charge on any atom is -1.00 e. The molecule has 0 saturated heterocycles. The van der Waals surface area contributed by atoms with E-state index >= 15 is 0 Å². The van der Waals surface area contributed by atoms with Crippen molar-refractivity contribution in [3.63, 3.8) is 0 Å². The van der Waals surface area contributed by atoms with Crippen LogP contribution in [0, 0.1) is 0 Å². The maximum absolute atomic E-state index is 3.87. The highest BCUT2D eigenvalue weighted by atomic mass is 35.5. The van der Waals surface area contributed by atoms with E-state index in [-0.39, 0.29) is 12.4 Å². The van der Waals surface area contributed by atoms with Crippen LogP contribution in [0.5, 0.6) is 0 Å². The van der Waals surface area contributed by atoms with Gasteiger partial charge in [-0.1, -0.05) is 18.2 Å². The van der Waals surface area contributed by atoms with Crippen LogP contribution in [0.4, 0.5) is 0 Å². The summed E-state index contributed by atoms with van der Waals surface area (Å²) >= 11 is 0. The van der Waals surface area contributed by atoms with Gasteiger partial charge in [0.25, 0.3) is 0 Å². The van der Waals surface area contributed by atoms with Crippen LogP contribution < -0.4 is 18.1 Å². The summed E-state index contributed by atoms with van der Waals surface area (Å²) in [5.74, 6) is 0.770. The summed E-state index contributed by atoms with van der Waals surface area (Å²) in [6.45, 7) is 0.585. The average molecular weight is 212 g/mol. The van der Waals surface area contributed by atoms with Crippen molar-refractivity contribution in [2.45, 2.75) is 6.54 Å². The maximum Gasteiger partial charge on any atom is 0.210 e. The van der Waals surface area contributed by atoms with Gasteiger partial charge in [0, 0.05) is 0 Å². The third kappa shape index (κ3) is 1.89. The Morgan fingerprint density at radius 2 is 1.93 bits per heavy atom. The first-order valence-electron chi connectivity index (χ1n) is 4.04. The van der Waals surface area contributed by atoms with Gasteiger partial charge in [-0.2, -0.15) is 4.68 Å². The van der Waals surface area contributed by atoms with E-state index < -0.39 is 0 Å². The summed E-state index contributed by atoms with van der Waals surface area (Å²) in [7, 11) is 0. The van der Waals surface area contributed by atoms with Gasteiger partial charge < -0.3 is 18.1 Å². The molecule has 6 heteroatoms. The van der Waals surface area contributed by atoms with E-state index in [2.05, 4.69) is 21.3 Å². The number of quaternary nitrogens is 1. The number of para-hydroxylation sites is 1. The summed E-state index contributed by atoms with van der Waals surface area (Å²) < 4.78 is 1.69. The average Bonchev–Trinajstić information content (AvgIpc) is 2.67. The summed E-state index contributed by atoms with van der Waals surface area (Å²) in [5.41, 5.74) is 4.72. The molecule has 0 amide bonds. The van der Waals surface area contributed by atoms with Gasteiger partial charge in [0.15, 0.2) is 0 Å². The van der Waals surface area contributed by atoms with Crippen LogP contribution in [0.1, 0.15) is 5.82 Å². The maximum atomic E-state index is 3.87. The Hall–Kier alpha value is -1.46. The molecule has 0 unspecified atom stereocenters. The predicted molar refractivity (Wildman–Crippen MR) is 45.7 cm³/mol. The molecule has 5 nitrogen and oxygen atoms in total. The van der Waals surface area contributed by atoms with E-state index in [1.807, 2.05) is 30.3 Å². The molecule has 0 radical (unpaired) electrons. The normalized spacial score (nSPS) is 9.50. The first-order chi connectivity index (χ1) is 6.42. The number of nitrogens with zero attached hydrogens (tertiary/aromatic N) is 4. The highest BCUT2D eigenvalue weighted by Crippen LogP contribution is 2.05. The van der Waals surface area contributed by atoms with Crippen molar-refractivity contribution < 1.29 is 18.1 Å². The number of benzene rings is 1. The van der Waals surface area contributed by atoms with E-state index in [1.54, 1.807) is 4.68 Å². The second-order valence-electron chi connectivity index (χ2n) is 2.59. The lowest BCUT2D eigenvalue weighted by Gasteiger charge is -1.99. The van der Waals surface area contributed by atoms with Crippen molar-refractivity contribution in [2.75, 3.05) is 0 Å². The first-order valence-corrected chi connectivity index (χ1v) is 4.04. The summed E-state index contributed by atoms with van der Waals surface area (Å²) in [6.07, 6.45) is 0. The molecule has 0 aliphatic heterocycles. The molecule has 1 aromatic carbocycles. The number of hydrogen-bond acceptors (Lipinski definition) is 3. The summed E-state index contributed by atoms with van der Waals surface area (Å²) in [4.78, 5) is 0. The van der Waals surface area contributed by atoms with Crippen LogP contribution in [-0.2, 0) is 6.54 Å². The fourth-order valence-corrected chi connectivity index (χ4v) is 1.13. The SMILES string of the molecule is [Cl-].[NH3+]Cc1nnnn1-c1ccccc1. The van der Waals surface area contributed by atoms with Crippen molar-refractivity contribution in [1.82, 2.24) is 20.2 Å². The van der Waals surface area contributed by atoms with Gasteiger partial charge >= 0.3 is 0 Å². The number of aromatic nitrogens is 4. The lowest BCUT2D eigenvalue weighted by molar-refractivity contribution is -0.388. The van der Waals surface area contributed by atoms with Gasteiger partial charge in [-0.15, -0.1) is 5.10 Å². The molecule has 3 N–H and O–H groups in total. The smallest absolute Gasteiger partial charge is 0.210 e. The largest absolute Gasteiger partial charge is 1.00 e. The van der Waals surface area contributed by atoms with Gasteiger partial charge in [0.05, 0.1) is 5.69 Å².